The first-order valence-electron chi connectivity index (χ1n) is 4.71. The highest BCUT2D eigenvalue weighted by Crippen LogP contribution is 1.88. The summed E-state index contributed by atoms with van der Waals surface area (Å²) < 4.78 is 10.6. The van der Waals surface area contributed by atoms with Gasteiger partial charge in [0.25, 0.3) is 0 Å². The highest BCUT2D eigenvalue weighted by molar-refractivity contribution is 4.52. The molecule has 3 heteroatoms. The summed E-state index contributed by atoms with van der Waals surface area (Å²) in [5.41, 5.74) is 0. The topological polar surface area (TPSA) is 30.5 Å². The lowest BCUT2D eigenvalue weighted by molar-refractivity contribution is 0.0161. The van der Waals surface area contributed by atoms with Crippen LogP contribution in [0.3, 0.4) is 0 Å². The predicted molar refractivity (Wildman–Crippen MR) is 50.5 cm³/mol. The number of ether oxygens (including phenoxy) is 2. The lowest BCUT2D eigenvalue weighted by Crippen LogP contribution is -2.27. The molecule has 1 atom stereocenters. The van der Waals surface area contributed by atoms with Gasteiger partial charge in [0.2, 0.25) is 0 Å². The van der Waals surface area contributed by atoms with Gasteiger partial charge in [0.15, 0.2) is 0 Å². The summed E-state index contributed by atoms with van der Waals surface area (Å²) in [5.74, 6) is 0. The Kier molecular flexibility index (Phi) is 8.88. The van der Waals surface area contributed by atoms with Crippen molar-refractivity contribution in [2.45, 2.75) is 26.9 Å². The van der Waals surface area contributed by atoms with Crippen LogP contribution in [0, 0.1) is 0 Å². The van der Waals surface area contributed by atoms with Gasteiger partial charge < -0.3 is 14.8 Å². The molecule has 0 spiro atoms. The Balaban J connectivity index is 3.02. The smallest absolute Gasteiger partial charge is 0.0704 e. The Bertz CT molecular complexity index is 88.6. The van der Waals surface area contributed by atoms with E-state index in [-0.39, 0.29) is 6.10 Å². The summed E-state index contributed by atoms with van der Waals surface area (Å²) in [7, 11) is 0. The molecule has 0 aromatic rings. The fourth-order valence-corrected chi connectivity index (χ4v) is 0.859. The van der Waals surface area contributed by atoms with Gasteiger partial charge in [-0.3, -0.25) is 0 Å². The standard InChI is InChI=1S/C9H21NO2/c1-4-10-8-9(3)12-7-6-11-5-2/h9-10H,4-8H2,1-3H3. The Morgan fingerprint density at radius 2 is 2.00 bits per heavy atom. The first kappa shape index (κ1) is 11.9. The molecule has 0 bridgehead atoms. The van der Waals surface area contributed by atoms with E-state index >= 15 is 0 Å². The Morgan fingerprint density at radius 1 is 1.25 bits per heavy atom. The van der Waals surface area contributed by atoms with Crippen molar-refractivity contribution in [1.29, 1.82) is 0 Å². The third kappa shape index (κ3) is 7.98. The van der Waals surface area contributed by atoms with Crippen molar-refractivity contribution in [2.75, 3.05) is 32.9 Å². The maximum atomic E-state index is 5.46. The van der Waals surface area contributed by atoms with E-state index < -0.39 is 0 Å². The normalized spacial score (nSPS) is 13.2. The van der Waals surface area contributed by atoms with Gasteiger partial charge >= 0.3 is 0 Å². The second kappa shape index (κ2) is 8.97. The van der Waals surface area contributed by atoms with Crippen LogP contribution < -0.4 is 5.32 Å². The van der Waals surface area contributed by atoms with Gasteiger partial charge in [-0.2, -0.15) is 0 Å². The van der Waals surface area contributed by atoms with Gasteiger partial charge in [-0.25, -0.2) is 0 Å². The van der Waals surface area contributed by atoms with Crippen LogP contribution in [0.15, 0.2) is 0 Å². The highest BCUT2D eigenvalue weighted by atomic mass is 16.5. The molecule has 0 aliphatic heterocycles. The molecule has 0 radical (unpaired) electrons. The summed E-state index contributed by atoms with van der Waals surface area (Å²) in [6, 6.07) is 0. The van der Waals surface area contributed by atoms with Crippen LogP contribution in [0.2, 0.25) is 0 Å². The molecule has 1 unspecified atom stereocenters. The molecule has 3 nitrogen and oxygen atoms in total. The molecule has 0 aliphatic carbocycles. The third-order valence-electron chi connectivity index (χ3n) is 1.52. The number of likely N-dealkylation sites (N-methyl/N-ethyl adjacent to an activating group) is 1. The van der Waals surface area contributed by atoms with E-state index in [2.05, 4.69) is 19.2 Å². The van der Waals surface area contributed by atoms with E-state index in [0.717, 1.165) is 19.7 Å². The minimum atomic E-state index is 0.283. The second-order valence-corrected chi connectivity index (χ2v) is 2.69. The lowest BCUT2D eigenvalue weighted by Gasteiger charge is -2.12. The van der Waals surface area contributed by atoms with E-state index in [9.17, 15) is 0 Å². The van der Waals surface area contributed by atoms with Crippen LogP contribution in [0.5, 0.6) is 0 Å². The zero-order chi connectivity index (χ0) is 9.23. The molecule has 0 rings (SSSR count). The van der Waals surface area contributed by atoms with Crippen LogP contribution >= 0.6 is 0 Å². The molecular weight excluding hydrogens is 154 g/mol. The van der Waals surface area contributed by atoms with Crippen molar-refractivity contribution in [3.05, 3.63) is 0 Å². The lowest BCUT2D eigenvalue weighted by atomic mass is 10.4. The van der Waals surface area contributed by atoms with E-state index in [0.29, 0.717) is 13.2 Å². The number of nitrogens with one attached hydrogen (secondary N) is 1. The molecule has 0 amide bonds. The SMILES string of the molecule is CCNCC(C)OCCOCC. The summed E-state index contributed by atoms with van der Waals surface area (Å²) >= 11 is 0. The van der Waals surface area contributed by atoms with Gasteiger partial charge in [-0.1, -0.05) is 6.92 Å². The molecule has 12 heavy (non-hydrogen) atoms. The van der Waals surface area contributed by atoms with Crippen molar-refractivity contribution < 1.29 is 9.47 Å². The number of hydrogen-bond acceptors (Lipinski definition) is 3. The van der Waals surface area contributed by atoms with Gasteiger partial charge in [0.1, 0.15) is 0 Å². The molecule has 0 fully saturated rings. The molecule has 0 heterocycles. The van der Waals surface area contributed by atoms with Crippen molar-refractivity contribution in [1.82, 2.24) is 5.32 Å². The predicted octanol–water partition coefficient (Wildman–Crippen LogP) is 1.04. The fourth-order valence-electron chi connectivity index (χ4n) is 0.859. The Morgan fingerprint density at radius 3 is 2.58 bits per heavy atom. The molecular formula is C9H21NO2. The van der Waals surface area contributed by atoms with Gasteiger partial charge in [-0.05, 0) is 20.4 Å². The van der Waals surface area contributed by atoms with E-state index in [1.54, 1.807) is 0 Å². The molecule has 0 saturated carbocycles. The van der Waals surface area contributed by atoms with Crippen molar-refractivity contribution in [3.8, 4) is 0 Å². The van der Waals surface area contributed by atoms with Crippen LogP contribution in [0.4, 0.5) is 0 Å². The average molecular weight is 175 g/mol. The van der Waals surface area contributed by atoms with E-state index in [1.807, 2.05) is 6.92 Å². The van der Waals surface area contributed by atoms with Crippen LogP contribution in [-0.4, -0.2) is 39.0 Å². The fraction of sp³-hybridized carbons (Fsp3) is 1.00. The number of hydrogen-bond donors (Lipinski definition) is 1. The first-order valence-corrected chi connectivity index (χ1v) is 4.71. The molecule has 74 valence electrons. The maximum absolute atomic E-state index is 5.46. The molecule has 1 N–H and O–H groups in total. The molecule has 0 saturated heterocycles. The molecule has 0 aromatic carbocycles. The van der Waals surface area contributed by atoms with Crippen molar-refractivity contribution in [3.63, 3.8) is 0 Å². The maximum Gasteiger partial charge on any atom is 0.0704 e. The minimum absolute atomic E-state index is 0.283. The number of rotatable bonds is 8. The van der Waals surface area contributed by atoms with Gasteiger partial charge in [0, 0.05) is 13.2 Å². The van der Waals surface area contributed by atoms with Crippen LogP contribution in [0.1, 0.15) is 20.8 Å². The first-order chi connectivity index (χ1) is 5.81. The summed E-state index contributed by atoms with van der Waals surface area (Å²) in [5, 5.41) is 3.22. The minimum Gasteiger partial charge on any atom is -0.379 e. The Hall–Kier alpha value is -0.120. The van der Waals surface area contributed by atoms with Gasteiger partial charge in [-0.15, -0.1) is 0 Å². The molecule has 0 aliphatic rings. The second-order valence-electron chi connectivity index (χ2n) is 2.69. The van der Waals surface area contributed by atoms with E-state index in [1.165, 1.54) is 0 Å². The zero-order valence-electron chi connectivity index (χ0n) is 8.43. The van der Waals surface area contributed by atoms with Crippen LogP contribution in [-0.2, 0) is 9.47 Å². The van der Waals surface area contributed by atoms with Crippen molar-refractivity contribution >= 4 is 0 Å². The monoisotopic (exact) mass is 175 g/mol. The quantitative estimate of drug-likeness (QED) is 0.559. The Labute approximate surface area is 75.4 Å². The van der Waals surface area contributed by atoms with E-state index in [4.69, 9.17) is 9.47 Å². The summed E-state index contributed by atoms with van der Waals surface area (Å²) in [4.78, 5) is 0. The summed E-state index contributed by atoms with van der Waals surface area (Å²) in [6.45, 7) is 10.2. The third-order valence-corrected chi connectivity index (χ3v) is 1.52. The van der Waals surface area contributed by atoms with Crippen molar-refractivity contribution in [2.24, 2.45) is 0 Å². The summed E-state index contributed by atoms with van der Waals surface area (Å²) in [6.07, 6.45) is 0.283. The van der Waals surface area contributed by atoms with Crippen LogP contribution in [0.25, 0.3) is 0 Å². The zero-order valence-corrected chi connectivity index (χ0v) is 8.43. The molecule has 0 aromatic heterocycles. The highest BCUT2D eigenvalue weighted by Gasteiger charge is 1.99. The average Bonchev–Trinajstić information content (AvgIpc) is 2.09. The largest absolute Gasteiger partial charge is 0.379 e. The van der Waals surface area contributed by atoms with Gasteiger partial charge in [0.05, 0.1) is 19.3 Å².